The SMILES string of the molecule is Cc1cccc(C)c1-n1nnnc1CN1CCC(C(C)O)CC1. The van der Waals surface area contributed by atoms with Crippen LogP contribution in [0, 0.1) is 19.8 Å². The molecule has 1 aromatic carbocycles. The van der Waals surface area contributed by atoms with Crippen molar-refractivity contribution in [2.75, 3.05) is 13.1 Å². The summed E-state index contributed by atoms with van der Waals surface area (Å²) in [5.41, 5.74) is 3.42. The molecule has 1 saturated heterocycles. The molecule has 0 radical (unpaired) electrons. The number of aromatic nitrogens is 4. The Labute approximate surface area is 137 Å². The second-order valence-corrected chi connectivity index (χ2v) is 6.60. The van der Waals surface area contributed by atoms with E-state index in [1.54, 1.807) is 0 Å². The normalized spacial score (nSPS) is 18.3. The van der Waals surface area contributed by atoms with Crippen molar-refractivity contribution >= 4 is 0 Å². The van der Waals surface area contributed by atoms with E-state index >= 15 is 0 Å². The van der Waals surface area contributed by atoms with Crippen LogP contribution in [0.5, 0.6) is 0 Å². The number of hydrogen-bond donors (Lipinski definition) is 1. The molecule has 1 unspecified atom stereocenters. The zero-order valence-corrected chi connectivity index (χ0v) is 14.1. The van der Waals surface area contributed by atoms with Crippen molar-refractivity contribution in [3.63, 3.8) is 0 Å². The molecule has 0 spiro atoms. The van der Waals surface area contributed by atoms with Crippen LogP contribution in [-0.2, 0) is 6.54 Å². The maximum Gasteiger partial charge on any atom is 0.170 e. The van der Waals surface area contributed by atoms with Gasteiger partial charge in [0.25, 0.3) is 0 Å². The molecule has 1 aliphatic heterocycles. The second-order valence-electron chi connectivity index (χ2n) is 6.60. The summed E-state index contributed by atoms with van der Waals surface area (Å²) in [4.78, 5) is 2.37. The molecule has 6 heteroatoms. The molecule has 1 aliphatic rings. The molecule has 1 atom stereocenters. The fourth-order valence-corrected chi connectivity index (χ4v) is 3.41. The van der Waals surface area contributed by atoms with Gasteiger partial charge >= 0.3 is 0 Å². The molecule has 1 aromatic heterocycles. The molecule has 1 N–H and O–H groups in total. The van der Waals surface area contributed by atoms with Crippen molar-refractivity contribution in [1.82, 2.24) is 25.1 Å². The topological polar surface area (TPSA) is 67.1 Å². The third-order valence-corrected chi connectivity index (χ3v) is 4.86. The number of aliphatic hydroxyl groups excluding tert-OH is 1. The summed E-state index contributed by atoms with van der Waals surface area (Å²) in [5, 5.41) is 22.0. The molecular formula is C17H25N5O. The highest BCUT2D eigenvalue weighted by Gasteiger charge is 2.24. The Hall–Kier alpha value is -1.79. The maximum atomic E-state index is 9.72. The van der Waals surface area contributed by atoms with Crippen LogP contribution in [0.2, 0.25) is 0 Å². The summed E-state index contributed by atoms with van der Waals surface area (Å²) in [7, 11) is 0. The van der Waals surface area contributed by atoms with E-state index in [1.807, 2.05) is 11.6 Å². The Morgan fingerprint density at radius 3 is 2.48 bits per heavy atom. The molecule has 124 valence electrons. The predicted molar refractivity (Wildman–Crippen MR) is 88.3 cm³/mol. The minimum absolute atomic E-state index is 0.211. The van der Waals surface area contributed by atoms with Gasteiger partial charge in [-0.2, -0.15) is 4.68 Å². The lowest BCUT2D eigenvalue weighted by Gasteiger charge is -2.32. The van der Waals surface area contributed by atoms with Crippen molar-refractivity contribution < 1.29 is 5.11 Å². The van der Waals surface area contributed by atoms with E-state index in [0.717, 1.165) is 44.0 Å². The van der Waals surface area contributed by atoms with Crippen LogP contribution in [0.4, 0.5) is 0 Å². The zero-order chi connectivity index (χ0) is 16.4. The van der Waals surface area contributed by atoms with Gasteiger partial charge in [-0.1, -0.05) is 18.2 Å². The zero-order valence-electron chi connectivity index (χ0n) is 14.1. The van der Waals surface area contributed by atoms with E-state index in [1.165, 1.54) is 11.1 Å². The van der Waals surface area contributed by atoms with Crippen LogP contribution in [0.3, 0.4) is 0 Å². The van der Waals surface area contributed by atoms with Crippen molar-refractivity contribution in [2.45, 2.75) is 46.3 Å². The van der Waals surface area contributed by atoms with E-state index in [-0.39, 0.29) is 6.10 Å². The van der Waals surface area contributed by atoms with Gasteiger partial charge in [-0.15, -0.1) is 5.10 Å². The van der Waals surface area contributed by atoms with Crippen molar-refractivity contribution in [1.29, 1.82) is 0 Å². The first-order valence-electron chi connectivity index (χ1n) is 8.30. The number of aryl methyl sites for hydroxylation is 2. The van der Waals surface area contributed by atoms with E-state index < -0.39 is 0 Å². The first-order chi connectivity index (χ1) is 11.1. The van der Waals surface area contributed by atoms with E-state index in [9.17, 15) is 5.11 Å². The molecule has 0 amide bonds. The maximum absolute atomic E-state index is 9.72. The average molecular weight is 315 g/mol. The van der Waals surface area contributed by atoms with Crippen molar-refractivity contribution in [2.24, 2.45) is 5.92 Å². The first-order valence-corrected chi connectivity index (χ1v) is 8.30. The molecule has 2 heterocycles. The summed E-state index contributed by atoms with van der Waals surface area (Å²) in [6.07, 6.45) is 1.85. The minimum atomic E-state index is -0.211. The van der Waals surface area contributed by atoms with Crippen molar-refractivity contribution in [3.8, 4) is 5.69 Å². The monoisotopic (exact) mass is 315 g/mol. The van der Waals surface area contributed by atoms with E-state index in [0.29, 0.717) is 5.92 Å². The standard InChI is InChI=1S/C17H25N5O/c1-12-5-4-6-13(2)17(12)22-16(18-19-20-22)11-21-9-7-15(8-10-21)14(3)23/h4-6,14-15,23H,7-11H2,1-3H3. The lowest BCUT2D eigenvalue weighted by atomic mass is 9.92. The molecule has 0 bridgehead atoms. The van der Waals surface area contributed by atoms with E-state index in [4.69, 9.17) is 0 Å². The quantitative estimate of drug-likeness (QED) is 0.933. The van der Waals surface area contributed by atoms with Crippen LogP contribution >= 0.6 is 0 Å². The smallest absolute Gasteiger partial charge is 0.170 e. The summed E-state index contributed by atoms with van der Waals surface area (Å²) in [5.74, 6) is 1.29. The highest BCUT2D eigenvalue weighted by molar-refractivity contribution is 5.46. The fraction of sp³-hybridized carbons (Fsp3) is 0.588. The van der Waals surface area contributed by atoms with Crippen LogP contribution in [-0.4, -0.2) is 49.4 Å². The number of tetrazole rings is 1. The highest BCUT2D eigenvalue weighted by atomic mass is 16.3. The Balaban J connectivity index is 1.75. The largest absolute Gasteiger partial charge is 0.393 e. The third-order valence-electron chi connectivity index (χ3n) is 4.86. The fourth-order valence-electron chi connectivity index (χ4n) is 3.41. The number of piperidine rings is 1. The number of benzene rings is 1. The molecule has 2 aromatic rings. The lowest BCUT2D eigenvalue weighted by Crippen LogP contribution is -2.37. The molecule has 23 heavy (non-hydrogen) atoms. The number of para-hydroxylation sites is 1. The number of likely N-dealkylation sites (tertiary alicyclic amines) is 1. The average Bonchev–Trinajstić information content (AvgIpc) is 2.95. The molecule has 0 saturated carbocycles. The van der Waals surface area contributed by atoms with E-state index in [2.05, 4.69) is 52.5 Å². The molecule has 0 aliphatic carbocycles. The number of rotatable bonds is 4. The number of aliphatic hydroxyl groups is 1. The van der Waals surface area contributed by atoms with Gasteiger partial charge in [0.1, 0.15) is 0 Å². The van der Waals surface area contributed by atoms with Gasteiger partial charge in [0.05, 0.1) is 18.3 Å². The van der Waals surface area contributed by atoms with Crippen LogP contribution < -0.4 is 0 Å². The number of hydrogen-bond acceptors (Lipinski definition) is 5. The van der Waals surface area contributed by atoms with Gasteiger partial charge in [0, 0.05) is 0 Å². The molecule has 1 fully saturated rings. The van der Waals surface area contributed by atoms with Crippen LogP contribution in [0.25, 0.3) is 5.69 Å². The van der Waals surface area contributed by atoms with Gasteiger partial charge in [0.15, 0.2) is 5.82 Å². The minimum Gasteiger partial charge on any atom is -0.393 e. The summed E-state index contributed by atoms with van der Waals surface area (Å²) in [6, 6.07) is 6.23. The van der Waals surface area contributed by atoms with Crippen LogP contribution in [0.1, 0.15) is 36.7 Å². The van der Waals surface area contributed by atoms with Gasteiger partial charge in [-0.3, -0.25) is 4.90 Å². The molecular weight excluding hydrogens is 290 g/mol. The Morgan fingerprint density at radius 2 is 1.87 bits per heavy atom. The van der Waals surface area contributed by atoms with Gasteiger partial charge in [-0.25, -0.2) is 0 Å². The summed E-state index contributed by atoms with van der Waals surface area (Å²) < 4.78 is 1.87. The predicted octanol–water partition coefficient (Wildman–Crippen LogP) is 1.87. The molecule has 6 nitrogen and oxygen atoms in total. The molecule has 3 rings (SSSR count). The van der Waals surface area contributed by atoms with Gasteiger partial charge in [-0.05, 0) is 74.2 Å². The summed E-state index contributed by atoms with van der Waals surface area (Å²) >= 11 is 0. The van der Waals surface area contributed by atoms with Gasteiger partial charge < -0.3 is 5.11 Å². The number of nitrogens with zero attached hydrogens (tertiary/aromatic N) is 5. The highest BCUT2D eigenvalue weighted by Crippen LogP contribution is 2.23. The Morgan fingerprint density at radius 1 is 1.22 bits per heavy atom. The first kappa shape index (κ1) is 16.1. The Kier molecular flexibility index (Phi) is 4.73. The second kappa shape index (κ2) is 6.76. The summed E-state index contributed by atoms with van der Waals surface area (Å²) in [6.45, 7) is 8.77. The third kappa shape index (κ3) is 3.43. The van der Waals surface area contributed by atoms with Crippen molar-refractivity contribution in [3.05, 3.63) is 35.2 Å². The van der Waals surface area contributed by atoms with Gasteiger partial charge in [0.2, 0.25) is 0 Å². The Bertz CT molecular complexity index is 639. The lowest BCUT2D eigenvalue weighted by molar-refractivity contribution is 0.0684. The van der Waals surface area contributed by atoms with Crippen LogP contribution in [0.15, 0.2) is 18.2 Å².